The lowest BCUT2D eigenvalue weighted by atomic mass is 9.86. The summed E-state index contributed by atoms with van der Waals surface area (Å²) in [5, 5.41) is 3.63. The summed E-state index contributed by atoms with van der Waals surface area (Å²) in [5.74, 6) is -0.134. The minimum Gasteiger partial charge on any atom is -0.312 e. The number of hydrogen-bond donors (Lipinski definition) is 1. The van der Waals surface area contributed by atoms with Gasteiger partial charge in [0.05, 0.1) is 0 Å². The number of likely N-dealkylation sites (tertiary alicyclic amines) is 1. The Balaban J connectivity index is 2.19. The van der Waals surface area contributed by atoms with Crippen molar-refractivity contribution in [3.63, 3.8) is 0 Å². The third kappa shape index (κ3) is 3.83. The van der Waals surface area contributed by atoms with Gasteiger partial charge >= 0.3 is 0 Å². The van der Waals surface area contributed by atoms with Crippen LogP contribution in [0.1, 0.15) is 44.7 Å². The predicted octanol–water partition coefficient (Wildman–Crippen LogP) is 3.53. The molecule has 118 valence electrons. The van der Waals surface area contributed by atoms with Crippen LogP contribution in [0.4, 0.5) is 4.39 Å². The van der Waals surface area contributed by atoms with Crippen LogP contribution in [0.3, 0.4) is 0 Å². The van der Waals surface area contributed by atoms with Gasteiger partial charge in [0.25, 0.3) is 0 Å². The zero-order chi connectivity index (χ0) is 15.5. The fourth-order valence-corrected chi connectivity index (χ4v) is 3.41. The first-order chi connectivity index (χ1) is 9.95. The van der Waals surface area contributed by atoms with E-state index >= 15 is 0 Å². The third-order valence-electron chi connectivity index (χ3n) is 4.96. The van der Waals surface area contributed by atoms with Gasteiger partial charge in [0.2, 0.25) is 0 Å². The number of hydrogen-bond acceptors (Lipinski definition) is 2. The fraction of sp³-hybridized carbons (Fsp3) is 0.667. The maximum absolute atomic E-state index is 13.6. The van der Waals surface area contributed by atoms with Crippen LogP contribution in [0.25, 0.3) is 0 Å². The number of nitrogens with zero attached hydrogens (tertiary/aromatic N) is 1. The standard InChI is InChI=1S/C18H29FN2/c1-5-20-17(18(3,4)21-10-6-7-11-21)13-15-12-16(19)9-8-14(15)2/h8-9,12,17,20H,5-7,10-11,13H2,1-4H3. The Morgan fingerprint density at radius 1 is 1.29 bits per heavy atom. The first-order valence-corrected chi connectivity index (χ1v) is 8.18. The molecule has 1 heterocycles. The Kier molecular flexibility index (Phi) is 5.39. The molecule has 1 aromatic rings. The van der Waals surface area contributed by atoms with Crippen molar-refractivity contribution in [3.05, 3.63) is 35.1 Å². The van der Waals surface area contributed by atoms with Crippen molar-refractivity contribution in [1.29, 1.82) is 0 Å². The van der Waals surface area contributed by atoms with Crippen LogP contribution in [0.2, 0.25) is 0 Å². The number of halogens is 1. The van der Waals surface area contributed by atoms with Crippen molar-refractivity contribution < 1.29 is 4.39 Å². The smallest absolute Gasteiger partial charge is 0.123 e. The number of rotatable bonds is 6. The molecule has 0 spiro atoms. The molecular weight excluding hydrogens is 263 g/mol. The monoisotopic (exact) mass is 292 g/mol. The molecule has 2 rings (SSSR count). The van der Waals surface area contributed by atoms with Crippen LogP contribution in [0.15, 0.2) is 18.2 Å². The van der Waals surface area contributed by atoms with E-state index in [1.54, 1.807) is 12.1 Å². The van der Waals surface area contributed by atoms with Crippen LogP contribution < -0.4 is 5.32 Å². The fourth-order valence-electron chi connectivity index (χ4n) is 3.41. The first kappa shape index (κ1) is 16.4. The van der Waals surface area contributed by atoms with E-state index in [2.05, 4.69) is 37.9 Å². The Morgan fingerprint density at radius 3 is 2.57 bits per heavy atom. The maximum Gasteiger partial charge on any atom is 0.123 e. The normalized spacial score (nSPS) is 18.1. The predicted molar refractivity (Wildman–Crippen MR) is 87.2 cm³/mol. The van der Waals surface area contributed by atoms with Gasteiger partial charge in [-0.2, -0.15) is 0 Å². The van der Waals surface area contributed by atoms with E-state index in [1.807, 2.05) is 6.07 Å². The lowest BCUT2D eigenvalue weighted by molar-refractivity contribution is 0.107. The van der Waals surface area contributed by atoms with Gasteiger partial charge in [-0.3, -0.25) is 4.90 Å². The molecule has 0 amide bonds. The summed E-state index contributed by atoms with van der Waals surface area (Å²) in [6.07, 6.45) is 3.46. The highest BCUT2D eigenvalue weighted by atomic mass is 19.1. The second-order valence-corrected chi connectivity index (χ2v) is 6.73. The summed E-state index contributed by atoms with van der Waals surface area (Å²) in [5.41, 5.74) is 2.38. The molecule has 0 aromatic heterocycles. The molecule has 0 bridgehead atoms. The van der Waals surface area contributed by atoms with Gasteiger partial charge in [0.15, 0.2) is 0 Å². The van der Waals surface area contributed by atoms with Crippen molar-refractivity contribution in [2.45, 2.75) is 58.5 Å². The Labute approximate surface area is 128 Å². The van der Waals surface area contributed by atoms with Gasteiger partial charge in [-0.1, -0.05) is 13.0 Å². The second-order valence-electron chi connectivity index (χ2n) is 6.73. The van der Waals surface area contributed by atoms with Crippen LogP contribution in [0, 0.1) is 12.7 Å². The molecule has 1 aromatic carbocycles. The lowest BCUT2D eigenvalue weighted by Gasteiger charge is -2.43. The van der Waals surface area contributed by atoms with Crippen LogP contribution in [-0.4, -0.2) is 36.1 Å². The molecule has 1 N–H and O–H groups in total. The van der Waals surface area contributed by atoms with Crippen molar-refractivity contribution in [3.8, 4) is 0 Å². The average molecular weight is 292 g/mol. The zero-order valence-electron chi connectivity index (χ0n) is 13.9. The van der Waals surface area contributed by atoms with Gasteiger partial charge in [-0.15, -0.1) is 0 Å². The third-order valence-corrected chi connectivity index (χ3v) is 4.96. The average Bonchev–Trinajstić information content (AvgIpc) is 2.97. The molecule has 1 fully saturated rings. The molecule has 1 aliphatic rings. The number of benzene rings is 1. The van der Waals surface area contributed by atoms with Crippen LogP contribution in [-0.2, 0) is 6.42 Å². The molecule has 3 heteroatoms. The molecule has 21 heavy (non-hydrogen) atoms. The summed E-state index contributed by atoms with van der Waals surface area (Å²) >= 11 is 0. The van der Waals surface area contributed by atoms with E-state index in [1.165, 1.54) is 31.5 Å². The summed E-state index contributed by atoms with van der Waals surface area (Å²) in [7, 11) is 0. The highest BCUT2D eigenvalue weighted by molar-refractivity contribution is 5.28. The molecule has 1 atom stereocenters. The van der Waals surface area contributed by atoms with E-state index in [0.29, 0.717) is 6.04 Å². The SMILES string of the molecule is CCNC(Cc1cc(F)ccc1C)C(C)(C)N1CCCC1. The van der Waals surface area contributed by atoms with Crippen molar-refractivity contribution in [1.82, 2.24) is 10.2 Å². The molecule has 2 nitrogen and oxygen atoms in total. The van der Waals surface area contributed by atoms with E-state index in [-0.39, 0.29) is 11.4 Å². The first-order valence-electron chi connectivity index (χ1n) is 8.18. The molecule has 0 saturated carbocycles. The van der Waals surface area contributed by atoms with E-state index in [9.17, 15) is 4.39 Å². The van der Waals surface area contributed by atoms with Crippen LogP contribution >= 0.6 is 0 Å². The van der Waals surface area contributed by atoms with Gasteiger partial charge in [-0.25, -0.2) is 4.39 Å². The molecular formula is C18H29FN2. The minimum absolute atomic E-state index is 0.0886. The van der Waals surface area contributed by atoms with Gasteiger partial charge in [0.1, 0.15) is 5.82 Å². The highest BCUT2D eigenvalue weighted by Crippen LogP contribution is 2.27. The molecule has 0 aliphatic carbocycles. The quantitative estimate of drug-likeness (QED) is 0.863. The Morgan fingerprint density at radius 2 is 1.95 bits per heavy atom. The largest absolute Gasteiger partial charge is 0.312 e. The maximum atomic E-state index is 13.6. The van der Waals surface area contributed by atoms with Gasteiger partial charge in [-0.05, 0) is 82.9 Å². The number of nitrogens with one attached hydrogen (secondary N) is 1. The van der Waals surface area contributed by atoms with Crippen LogP contribution in [0.5, 0.6) is 0 Å². The summed E-state index contributed by atoms with van der Waals surface area (Å²) in [6.45, 7) is 12.1. The molecule has 1 unspecified atom stereocenters. The van der Waals surface area contributed by atoms with Gasteiger partial charge < -0.3 is 5.32 Å². The number of aryl methyl sites for hydroxylation is 1. The highest BCUT2D eigenvalue weighted by Gasteiger charge is 2.36. The summed E-state index contributed by atoms with van der Waals surface area (Å²) in [4.78, 5) is 2.58. The minimum atomic E-state index is -0.134. The Bertz CT molecular complexity index is 464. The van der Waals surface area contributed by atoms with Crippen molar-refractivity contribution in [2.75, 3.05) is 19.6 Å². The molecule has 0 radical (unpaired) electrons. The van der Waals surface area contributed by atoms with Crippen molar-refractivity contribution in [2.24, 2.45) is 0 Å². The summed E-state index contributed by atoms with van der Waals surface area (Å²) in [6, 6.07) is 5.46. The second kappa shape index (κ2) is 6.89. The van der Waals surface area contributed by atoms with Gasteiger partial charge in [0, 0.05) is 11.6 Å². The molecule has 1 aliphatic heterocycles. The summed E-state index contributed by atoms with van der Waals surface area (Å²) < 4.78 is 13.6. The molecule has 1 saturated heterocycles. The van der Waals surface area contributed by atoms with Crippen molar-refractivity contribution >= 4 is 0 Å². The lowest BCUT2D eigenvalue weighted by Crippen LogP contribution is -2.57. The topological polar surface area (TPSA) is 15.3 Å². The van der Waals surface area contributed by atoms with E-state index < -0.39 is 0 Å². The van der Waals surface area contributed by atoms with E-state index in [4.69, 9.17) is 0 Å². The number of likely N-dealkylation sites (N-methyl/N-ethyl adjacent to an activating group) is 1. The van der Waals surface area contributed by atoms with E-state index in [0.717, 1.165) is 18.5 Å². The zero-order valence-corrected chi connectivity index (χ0v) is 13.9. The Hall–Kier alpha value is -0.930.